The number of benzene rings is 1. The van der Waals surface area contributed by atoms with Gasteiger partial charge in [-0.1, -0.05) is 25.1 Å². The van der Waals surface area contributed by atoms with Gasteiger partial charge in [0.05, 0.1) is 12.1 Å². The number of fused-ring (bicyclic) bond motifs is 1. The molecule has 2 unspecified atom stereocenters. The third kappa shape index (κ3) is 3.27. The molecule has 0 fully saturated rings. The zero-order valence-electron chi connectivity index (χ0n) is 11.9. The van der Waals surface area contributed by atoms with Gasteiger partial charge in [-0.15, -0.1) is 0 Å². The molecule has 0 amide bonds. The minimum absolute atomic E-state index is 0.0279. The molecule has 2 rings (SSSR count). The fourth-order valence-corrected chi connectivity index (χ4v) is 2.77. The normalized spacial score (nSPS) is 19.0. The third-order valence-electron chi connectivity index (χ3n) is 3.80. The van der Waals surface area contributed by atoms with Crippen LogP contribution in [0.3, 0.4) is 0 Å². The van der Waals surface area contributed by atoms with Gasteiger partial charge >= 0.3 is 0 Å². The molecule has 102 valence electrons. The molecule has 0 aliphatic carbocycles. The summed E-state index contributed by atoms with van der Waals surface area (Å²) in [7, 11) is 0. The summed E-state index contributed by atoms with van der Waals surface area (Å²) >= 11 is 0. The number of anilines is 1. The van der Waals surface area contributed by atoms with Gasteiger partial charge in [0.25, 0.3) is 0 Å². The minimum Gasteiger partial charge on any atom is -0.368 e. The van der Waals surface area contributed by atoms with Gasteiger partial charge in [-0.25, -0.2) is 0 Å². The van der Waals surface area contributed by atoms with Crippen LogP contribution in [0.1, 0.15) is 32.3 Å². The van der Waals surface area contributed by atoms with E-state index in [9.17, 15) is 0 Å². The Morgan fingerprint density at radius 3 is 3.00 bits per heavy atom. The maximum atomic E-state index is 9.16. The molecule has 3 heteroatoms. The van der Waals surface area contributed by atoms with Crippen molar-refractivity contribution < 1.29 is 0 Å². The van der Waals surface area contributed by atoms with Gasteiger partial charge in [-0.2, -0.15) is 5.26 Å². The second kappa shape index (κ2) is 6.58. The lowest BCUT2D eigenvalue weighted by Gasteiger charge is -2.26. The molecular formula is C16H23N3. The van der Waals surface area contributed by atoms with E-state index in [0.29, 0.717) is 6.04 Å². The van der Waals surface area contributed by atoms with E-state index in [-0.39, 0.29) is 6.04 Å². The standard InChI is InChI=1S/C16H23N3/c1-3-9-18-15(12-17)8-10-19-13(2)11-14-6-4-5-7-16(14)19/h4-7,13,15,18H,3,8-11H2,1-2H3. The van der Waals surface area contributed by atoms with E-state index < -0.39 is 0 Å². The van der Waals surface area contributed by atoms with E-state index in [1.54, 1.807) is 0 Å². The van der Waals surface area contributed by atoms with Crippen LogP contribution in [0.2, 0.25) is 0 Å². The Morgan fingerprint density at radius 2 is 2.26 bits per heavy atom. The fourth-order valence-electron chi connectivity index (χ4n) is 2.77. The quantitative estimate of drug-likeness (QED) is 0.851. The highest BCUT2D eigenvalue weighted by molar-refractivity contribution is 5.59. The van der Waals surface area contributed by atoms with E-state index in [1.165, 1.54) is 11.3 Å². The molecule has 0 saturated heterocycles. The predicted molar refractivity (Wildman–Crippen MR) is 79.3 cm³/mol. The summed E-state index contributed by atoms with van der Waals surface area (Å²) in [5, 5.41) is 12.5. The van der Waals surface area contributed by atoms with E-state index in [1.807, 2.05) is 0 Å². The molecule has 1 aliphatic rings. The molecule has 0 saturated carbocycles. The largest absolute Gasteiger partial charge is 0.368 e. The van der Waals surface area contributed by atoms with Crippen molar-refractivity contribution in [2.75, 3.05) is 18.0 Å². The van der Waals surface area contributed by atoms with Crippen LogP contribution in [0.15, 0.2) is 24.3 Å². The first kappa shape index (κ1) is 13.9. The molecule has 1 N–H and O–H groups in total. The van der Waals surface area contributed by atoms with Crippen LogP contribution in [0.25, 0.3) is 0 Å². The second-order valence-corrected chi connectivity index (χ2v) is 5.30. The van der Waals surface area contributed by atoms with Crippen LogP contribution in [-0.4, -0.2) is 25.2 Å². The molecule has 0 aromatic heterocycles. The minimum atomic E-state index is -0.0279. The van der Waals surface area contributed by atoms with Crippen molar-refractivity contribution >= 4 is 5.69 Å². The number of rotatable bonds is 6. The smallest absolute Gasteiger partial charge is 0.0969 e. The monoisotopic (exact) mass is 257 g/mol. The van der Waals surface area contributed by atoms with Crippen molar-refractivity contribution in [2.45, 2.75) is 45.2 Å². The number of para-hydroxylation sites is 1. The zero-order valence-corrected chi connectivity index (χ0v) is 11.9. The van der Waals surface area contributed by atoms with Gasteiger partial charge in [0.2, 0.25) is 0 Å². The Balaban J connectivity index is 1.94. The van der Waals surface area contributed by atoms with Gasteiger partial charge in [0, 0.05) is 18.3 Å². The van der Waals surface area contributed by atoms with Crippen LogP contribution in [0.4, 0.5) is 5.69 Å². The van der Waals surface area contributed by atoms with E-state index in [0.717, 1.165) is 32.4 Å². The molecule has 0 spiro atoms. The molecule has 0 radical (unpaired) electrons. The highest BCUT2D eigenvalue weighted by Crippen LogP contribution is 2.31. The molecule has 3 nitrogen and oxygen atoms in total. The van der Waals surface area contributed by atoms with Gasteiger partial charge in [0.15, 0.2) is 0 Å². The highest BCUT2D eigenvalue weighted by atomic mass is 15.2. The topological polar surface area (TPSA) is 39.1 Å². The summed E-state index contributed by atoms with van der Waals surface area (Å²) < 4.78 is 0. The Hall–Kier alpha value is -1.53. The van der Waals surface area contributed by atoms with Crippen LogP contribution in [0, 0.1) is 11.3 Å². The third-order valence-corrected chi connectivity index (χ3v) is 3.80. The summed E-state index contributed by atoms with van der Waals surface area (Å²) in [6.45, 7) is 6.26. The number of hydrogen-bond donors (Lipinski definition) is 1. The Bertz CT molecular complexity index is 450. The molecule has 0 bridgehead atoms. The van der Waals surface area contributed by atoms with Gasteiger partial charge < -0.3 is 10.2 Å². The molecule has 1 aromatic rings. The Labute approximate surface area is 116 Å². The average Bonchev–Trinajstić information content (AvgIpc) is 2.75. The first-order valence-corrected chi connectivity index (χ1v) is 7.23. The maximum absolute atomic E-state index is 9.16. The second-order valence-electron chi connectivity index (χ2n) is 5.30. The number of nitrogens with one attached hydrogen (secondary N) is 1. The Morgan fingerprint density at radius 1 is 1.47 bits per heavy atom. The first-order chi connectivity index (χ1) is 9.26. The molecule has 1 aliphatic heterocycles. The summed E-state index contributed by atoms with van der Waals surface area (Å²) in [6.07, 6.45) is 3.08. The zero-order chi connectivity index (χ0) is 13.7. The summed E-state index contributed by atoms with van der Waals surface area (Å²) in [5.41, 5.74) is 2.78. The fraction of sp³-hybridized carbons (Fsp3) is 0.562. The molecule has 19 heavy (non-hydrogen) atoms. The lowest BCUT2D eigenvalue weighted by atomic mass is 10.1. The first-order valence-electron chi connectivity index (χ1n) is 7.23. The highest BCUT2D eigenvalue weighted by Gasteiger charge is 2.25. The number of nitrogens with zero attached hydrogens (tertiary/aromatic N) is 2. The van der Waals surface area contributed by atoms with Crippen LogP contribution < -0.4 is 10.2 Å². The van der Waals surface area contributed by atoms with E-state index in [2.05, 4.69) is 54.4 Å². The number of nitriles is 1. The van der Waals surface area contributed by atoms with Gasteiger partial charge in [-0.05, 0) is 44.4 Å². The van der Waals surface area contributed by atoms with Crippen molar-refractivity contribution in [3.63, 3.8) is 0 Å². The number of hydrogen-bond acceptors (Lipinski definition) is 3. The van der Waals surface area contributed by atoms with Crippen molar-refractivity contribution in [3.8, 4) is 6.07 Å². The molecular weight excluding hydrogens is 234 g/mol. The van der Waals surface area contributed by atoms with Crippen molar-refractivity contribution in [1.82, 2.24) is 5.32 Å². The van der Waals surface area contributed by atoms with Gasteiger partial charge in [-0.3, -0.25) is 0 Å². The van der Waals surface area contributed by atoms with Gasteiger partial charge in [0.1, 0.15) is 0 Å². The molecule has 2 atom stereocenters. The summed E-state index contributed by atoms with van der Waals surface area (Å²) in [6, 6.07) is 11.5. The van der Waals surface area contributed by atoms with Crippen molar-refractivity contribution in [1.29, 1.82) is 5.26 Å². The molecule has 1 heterocycles. The van der Waals surface area contributed by atoms with Crippen LogP contribution in [-0.2, 0) is 6.42 Å². The maximum Gasteiger partial charge on any atom is 0.0969 e. The van der Waals surface area contributed by atoms with E-state index in [4.69, 9.17) is 5.26 Å². The van der Waals surface area contributed by atoms with Crippen molar-refractivity contribution in [2.24, 2.45) is 0 Å². The summed E-state index contributed by atoms with van der Waals surface area (Å²) in [4.78, 5) is 2.44. The van der Waals surface area contributed by atoms with Crippen LogP contribution >= 0.6 is 0 Å². The van der Waals surface area contributed by atoms with Crippen LogP contribution in [0.5, 0.6) is 0 Å². The average molecular weight is 257 g/mol. The molecule has 1 aromatic carbocycles. The summed E-state index contributed by atoms with van der Waals surface area (Å²) in [5.74, 6) is 0. The Kier molecular flexibility index (Phi) is 4.81. The van der Waals surface area contributed by atoms with E-state index >= 15 is 0 Å². The van der Waals surface area contributed by atoms with Crippen molar-refractivity contribution in [3.05, 3.63) is 29.8 Å². The predicted octanol–water partition coefficient (Wildman–Crippen LogP) is 2.72. The SMILES string of the molecule is CCCNC(C#N)CCN1c2ccccc2CC1C. The lowest BCUT2D eigenvalue weighted by Crippen LogP contribution is -2.36. The lowest BCUT2D eigenvalue weighted by molar-refractivity contribution is 0.542.